The first-order valence-corrected chi connectivity index (χ1v) is 15.2. The molecule has 15 heteroatoms. The number of hydrogen-bond acceptors (Lipinski definition) is 13. The first-order chi connectivity index (χ1) is 23.8. The number of benzene rings is 5. The molecular formula is C35H32N2O13. The molecule has 1 aliphatic rings. The average molecular weight is 689 g/mol. The molecular weight excluding hydrogens is 656 g/mol. The second kappa shape index (κ2) is 12.2. The van der Waals surface area contributed by atoms with Gasteiger partial charge in [0.2, 0.25) is 5.43 Å². The molecule has 6 rings (SSSR count). The number of allylic oxidation sites excluding steroid dienone is 1. The van der Waals surface area contributed by atoms with E-state index in [2.05, 4.69) is 10.6 Å². The summed E-state index contributed by atoms with van der Waals surface area (Å²) in [6, 6.07) is -0.748. The maximum absolute atomic E-state index is 14.6. The summed E-state index contributed by atoms with van der Waals surface area (Å²) in [7, 11) is 3.86. The van der Waals surface area contributed by atoms with Crippen LogP contribution in [0.5, 0.6) is 23.0 Å². The number of fused-ring (bicyclic) bond motifs is 1. The molecule has 5 aromatic carbocycles. The molecule has 0 saturated carbocycles. The van der Waals surface area contributed by atoms with Gasteiger partial charge in [0.15, 0.2) is 16.9 Å². The third-order valence-electron chi connectivity index (χ3n) is 9.28. The van der Waals surface area contributed by atoms with Crippen molar-refractivity contribution in [3.8, 4) is 23.0 Å². The van der Waals surface area contributed by atoms with Gasteiger partial charge in [0.1, 0.15) is 29.4 Å². The number of aliphatic carboxylic acids is 2. The highest BCUT2D eigenvalue weighted by atomic mass is 16.5. The Bertz CT molecular complexity index is 2440. The standard InChI is InChI=1S/C35H32N2O13/c1-11-6-13-21-26-23(31(42)30(13)37-16(10-39)35(46)47)17(41)8-19(49-4)25(26)24-18(48-3)7-14(36-15(9-38)34(44)45)22-28(24)27(21)29(20(11)12(2)40)33(50-5)32(22)43/h6-8,15-16,20,36-39,42H,9-10H2,1-5H3,(H,44,45)(H,46,47). The number of Topliss-reactive ketones (excluding diaryl/α,β-unsaturated/α-hetero) is 1. The summed E-state index contributed by atoms with van der Waals surface area (Å²) in [6.07, 6.45) is 1.53. The Hall–Kier alpha value is -5.93. The van der Waals surface area contributed by atoms with Crippen molar-refractivity contribution in [3.05, 3.63) is 49.3 Å². The number of carboxylic acid groups (broad SMARTS) is 2. The van der Waals surface area contributed by atoms with Crippen molar-refractivity contribution in [2.75, 3.05) is 45.2 Å². The molecule has 0 spiro atoms. The van der Waals surface area contributed by atoms with Crippen LogP contribution in [-0.2, 0) is 14.4 Å². The number of rotatable bonds is 12. The number of hydrogen-bond donors (Lipinski definition) is 7. The molecule has 0 fully saturated rings. The summed E-state index contributed by atoms with van der Waals surface area (Å²) < 4.78 is 17.2. The Morgan fingerprint density at radius 1 is 0.780 bits per heavy atom. The summed E-state index contributed by atoms with van der Waals surface area (Å²) in [4.78, 5) is 66.2. The van der Waals surface area contributed by atoms with E-state index in [-0.39, 0.29) is 82.8 Å². The Balaban J connectivity index is 2.07. The van der Waals surface area contributed by atoms with Crippen molar-refractivity contribution in [1.29, 1.82) is 0 Å². The van der Waals surface area contributed by atoms with E-state index in [9.17, 15) is 49.5 Å². The van der Waals surface area contributed by atoms with Crippen LogP contribution in [0, 0.1) is 0 Å². The minimum absolute atomic E-state index is 0.0196. The van der Waals surface area contributed by atoms with E-state index >= 15 is 0 Å². The smallest absolute Gasteiger partial charge is 0.328 e. The zero-order valence-corrected chi connectivity index (χ0v) is 27.4. The normalized spacial score (nSPS) is 15.3. The molecule has 0 aliphatic heterocycles. The molecule has 0 heterocycles. The third kappa shape index (κ3) is 4.61. The molecule has 15 nitrogen and oxygen atoms in total. The maximum atomic E-state index is 14.6. The molecule has 3 unspecified atom stereocenters. The van der Waals surface area contributed by atoms with Gasteiger partial charge < -0.3 is 50.4 Å². The minimum atomic E-state index is -1.65. The van der Waals surface area contributed by atoms with Gasteiger partial charge in [0.05, 0.1) is 62.6 Å². The number of aliphatic hydroxyl groups excluding tert-OH is 2. The number of carbonyl (C=O) groups is 3. The molecule has 7 N–H and O–H groups in total. The maximum Gasteiger partial charge on any atom is 0.328 e. The number of aromatic hydroxyl groups is 1. The number of phenols is 1. The van der Waals surface area contributed by atoms with E-state index in [0.717, 1.165) is 6.07 Å². The van der Waals surface area contributed by atoms with Crippen LogP contribution in [-0.4, -0.2) is 89.9 Å². The van der Waals surface area contributed by atoms with Crippen LogP contribution in [0.15, 0.2) is 27.3 Å². The summed E-state index contributed by atoms with van der Waals surface area (Å²) in [5.74, 6) is -5.27. The number of ketones is 1. The van der Waals surface area contributed by atoms with Crippen LogP contribution in [0.25, 0.3) is 49.2 Å². The molecule has 260 valence electrons. The fraction of sp³-hybridized carbons (Fsp3) is 0.286. The van der Waals surface area contributed by atoms with Gasteiger partial charge in [-0.2, -0.15) is 0 Å². The zero-order valence-electron chi connectivity index (χ0n) is 27.4. The molecule has 0 bridgehead atoms. The lowest BCUT2D eigenvalue weighted by molar-refractivity contribution is -0.139. The second-order valence-electron chi connectivity index (χ2n) is 12.0. The predicted molar refractivity (Wildman–Crippen MR) is 184 cm³/mol. The van der Waals surface area contributed by atoms with E-state index in [1.807, 2.05) is 0 Å². The van der Waals surface area contributed by atoms with Gasteiger partial charge in [-0.05, 0) is 19.2 Å². The number of nitrogens with one attached hydrogen (secondary N) is 2. The van der Waals surface area contributed by atoms with Crippen molar-refractivity contribution >= 4 is 78.3 Å². The van der Waals surface area contributed by atoms with Gasteiger partial charge in [0, 0.05) is 50.2 Å². The molecule has 1 aliphatic carbocycles. The molecule has 50 heavy (non-hydrogen) atoms. The van der Waals surface area contributed by atoms with Crippen LogP contribution in [0.1, 0.15) is 30.9 Å². The van der Waals surface area contributed by atoms with Gasteiger partial charge in [-0.25, -0.2) is 9.59 Å². The summed E-state index contributed by atoms with van der Waals surface area (Å²) in [5.41, 5.74) is -1.18. The fourth-order valence-corrected chi connectivity index (χ4v) is 7.28. The highest BCUT2D eigenvalue weighted by Crippen LogP contribution is 2.56. The van der Waals surface area contributed by atoms with Crippen LogP contribution in [0.2, 0.25) is 0 Å². The van der Waals surface area contributed by atoms with Crippen molar-refractivity contribution in [2.24, 2.45) is 0 Å². The van der Waals surface area contributed by atoms with Gasteiger partial charge in [-0.3, -0.25) is 14.4 Å². The number of anilines is 2. The molecule has 0 saturated heterocycles. The lowest BCUT2D eigenvalue weighted by atomic mass is 9.80. The van der Waals surface area contributed by atoms with E-state index in [1.54, 1.807) is 6.92 Å². The van der Waals surface area contributed by atoms with Crippen LogP contribution >= 0.6 is 0 Å². The molecule has 0 amide bonds. The van der Waals surface area contributed by atoms with E-state index in [1.165, 1.54) is 40.4 Å². The largest absolute Gasteiger partial charge is 0.505 e. The number of aliphatic hydroxyl groups is 2. The molecule has 3 atom stereocenters. The summed E-state index contributed by atoms with van der Waals surface area (Å²) in [6.45, 7) is 1.15. The lowest BCUT2D eigenvalue weighted by Crippen LogP contribution is -2.33. The van der Waals surface area contributed by atoms with Gasteiger partial charge in [0.25, 0.3) is 0 Å². The lowest BCUT2D eigenvalue weighted by Gasteiger charge is -2.26. The Morgan fingerprint density at radius 3 is 1.86 bits per heavy atom. The predicted octanol–water partition coefficient (Wildman–Crippen LogP) is 2.43. The van der Waals surface area contributed by atoms with E-state index in [0.29, 0.717) is 5.57 Å². The Morgan fingerprint density at radius 2 is 1.34 bits per heavy atom. The first kappa shape index (κ1) is 34.0. The fourth-order valence-electron chi connectivity index (χ4n) is 7.28. The number of methoxy groups -OCH3 is 3. The number of ether oxygens (including phenoxy) is 3. The topological polar surface area (TPSA) is 238 Å². The zero-order chi connectivity index (χ0) is 36.5. The minimum Gasteiger partial charge on any atom is -0.505 e. The summed E-state index contributed by atoms with van der Waals surface area (Å²) in [5, 5.41) is 57.4. The summed E-state index contributed by atoms with van der Waals surface area (Å²) >= 11 is 0. The van der Waals surface area contributed by atoms with Crippen molar-refractivity contribution < 1.29 is 54.1 Å². The SMILES string of the molecule is COc1c2c3c4c(c(NC(CO)C(=O)O)c(O)c5c(=O)cc(OC)c(c6c(OC)cc(NC(CO)C(=O)O)c(c1=O)c63)c54)C=C(C)C2C(C)=O. The highest BCUT2D eigenvalue weighted by Gasteiger charge is 2.38. The monoisotopic (exact) mass is 688 g/mol. The third-order valence-corrected chi connectivity index (χ3v) is 9.28. The van der Waals surface area contributed by atoms with Gasteiger partial charge in [-0.15, -0.1) is 0 Å². The van der Waals surface area contributed by atoms with Crippen LogP contribution in [0.3, 0.4) is 0 Å². The number of carbonyl (C=O) groups excluding carboxylic acids is 1. The second-order valence-corrected chi connectivity index (χ2v) is 12.0. The van der Waals surface area contributed by atoms with Crippen molar-refractivity contribution in [1.82, 2.24) is 0 Å². The Labute approximate surface area is 281 Å². The highest BCUT2D eigenvalue weighted by molar-refractivity contribution is 6.40. The molecule has 0 radical (unpaired) electrons. The van der Waals surface area contributed by atoms with E-state index in [4.69, 9.17) is 14.2 Å². The number of phenolic OH excluding ortho intramolecular Hbond substituents is 1. The average Bonchev–Trinajstić information content (AvgIpc) is 3.20. The van der Waals surface area contributed by atoms with Gasteiger partial charge >= 0.3 is 11.9 Å². The van der Waals surface area contributed by atoms with Crippen molar-refractivity contribution in [2.45, 2.75) is 31.8 Å². The van der Waals surface area contributed by atoms with Crippen LogP contribution in [0.4, 0.5) is 11.4 Å². The molecule has 0 aromatic heterocycles. The van der Waals surface area contributed by atoms with Crippen LogP contribution < -0.4 is 35.7 Å². The van der Waals surface area contributed by atoms with Gasteiger partial charge in [-0.1, -0.05) is 11.6 Å². The molecule has 5 aromatic rings. The Kier molecular flexibility index (Phi) is 8.28. The van der Waals surface area contributed by atoms with E-state index < -0.39 is 65.5 Å². The van der Waals surface area contributed by atoms with Crippen molar-refractivity contribution in [3.63, 3.8) is 0 Å². The number of carboxylic acids is 2. The quantitative estimate of drug-likeness (QED) is 0.0566. The first-order valence-electron chi connectivity index (χ1n) is 15.2.